The number of anilines is 1. The SMILES string of the molecule is Cc1cccc(CC(C)Nc2ccc(C(N)=O)cn2)n1. The lowest BCUT2D eigenvalue weighted by Crippen LogP contribution is -2.20. The largest absolute Gasteiger partial charge is 0.367 e. The lowest BCUT2D eigenvalue weighted by molar-refractivity contribution is 0.1000. The van der Waals surface area contributed by atoms with Gasteiger partial charge in [0.15, 0.2) is 0 Å². The van der Waals surface area contributed by atoms with E-state index in [0.29, 0.717) is 5.56 Å². The first-order valence-corrected chi connectivity index (χ1v) is 6.49. The third kappa shape index (κ3) is 3.78. The van der Waals surface area contributed by atoms with Crippen molar-refractivity contribution in [3.63, 3.8) is 0 Å². The lowest BCUT2D eigenvalue weighted by atomic mass is 10.1. The number of pyridine rings is 2. The van der Waals surface area contributed by atoms with Gasteiger partial charge in [0.1, 0.15) is 5.82 Å². The van der Waals surface area contributed by atoms with E-state index in [1.54, 1.807) is 12.1 Å². The average Bonchev–Trinajstić information content (AvgIpc) is 2.39. The third-order valence-electron chi connectivity index (χ3n) is 2.90. The van der Waals surface area contributed by atoms with E-state index in [9.17, 15) is 4.79 Å². The first kappa shape index (κ1) is 14.0. The molecule has 2 rings (SSSR count). The fourth-order valence-electron chi connectivity index (χ4n) is 1.96. The molecule has 0 radical (unpaired) electrons. The molecule has 0 fully saturated rings. The number of nitrogens with two attached hydrogens (primary N) is 1. The average molecular weight is 270 g/mol. The number of nitrogens with zero attached hydrogens (tertiary/aromatic N) is 2. The number of carbonyl (C=O) groups is 1. The van der Waals surface area contributed by atoms with Crippen LogP contribution in [0, 0.1) is 6.92 Å². The molecule has 2 aromatic rings. The molecule has 1 amide bonds. The Morgan fingerprint density at radius 1 is 1.35 bits per heavy atom. The van der Waals surface area contributed by atoms with Gasteiger partial charge in [0.05, 0.1) is 5.56 Å². The van der Waals surface area contributed by atoms with Crippen molar-refractivity contribution in [2.45, 2.75) is 26.3 Å². The minimum absolute atomic E-state index is 0.191. The minimum atomic E-state index is -0.471. The number of amides is 1. The van der Waals surface area contributed by atoms with Crippen LogP contribution in [-0.4, -0.2) is 21.9 Å². The molecule has 20 heavy (non-hydrogen) atoms. The quantitative estimate of drug-likeness (QED) is 0.869. The van der Waals surface area contributed by atoms with Crippen molar-refractivity contribution in [1.82, 2.24) is 9.97 Å². The number of hydrogen-bond acceptors (Lipinski definition) is 4. The van der Waals surface area contributed by atoms with Crippen molar-refractivity contribution in [3.8, 4) is 0 Å². The van der Waals surface area contributed by atoms with Gasteiger partial charge in [-0.05, 0) is 38.1 Å². The molecule has 104 valence electrons. The zero-order chi connectivity index (χ0) is 14.5. The van der Waals surface area contributed by atoms with Gasteiger partial charge in [0.25, 0.3) is 0 Å². The summed E-state index contributed by atoms with van der Waals surface area (Å²) in [6.07, 6.45) is 2.28. The van der Waals surface area contributed by atoms with Gasteiger partial charge in [0.2, 0.25) is 5.91 Å². The molecular formula is C15H18N4O. The molecule has 0 aromatic carbocycles. The summed E-state index contributed by atoms with van der Waals surface area (Å²) in [6.45, 7) is 4.04. The molecule has 5 heteroatoms. The second kappa shape index (κ2) is 6.14. The summed E-state index contributed by atoms with van der Waals surface area (Å²) in [6, 6.07) is 9.59. The normalized spacial score (nSPS) is 11.9. The Hall–Kier alpha value is -2.43. The highest BCUT2D eigenvalue weighted by molar-refractivity contribution is 5.92. The van der Waals surface area contributed by atoms with E-state index in [2.05, 4.69) is 22.2 Å². The van der Waals surface area contributed by atoms with Gasteiger partial charge in [-0.3, -0.25) is 9.78 Å². The van der Waals surface area contributed by atoms with Crippen LogP contribution in [0.1, 0.15) is 28.7 Å². The van der Waals surface area contributed by atoms with Crippen LogP contribution in [0.15, 0.2) is 36.5 Å². The van der Waals surface area contributed by atoms with Crippen molar-refractivity contribution < 1.29 is 4.79 Å². The molecule has 0 spiro atoms. The Labute approximate surface area is 118 Å². The van der Waals surface area contributed by atoms with E-state index in [-0.39, 0.29) is 6.04 Å². The Bertz CT molecular complexity index is 595. The molecule has 0 aliphatic heterocycles. The minimum Gasteiger partial charge on any atom is -0.367 e. The second-order valence-electron chi connectivity index (χ2n) is 4.82. The summed E-state index contributed by atoms with van der Waals surface area (Å²) in [5, 5.41) is 3.27. The van der Waals surface area contributed by atoms with E-state index in [0.717, 1.165) is 23.6 Å². The fraction of sp³-hybridized carbons (Fsp3) is 0.267. The number of rotatable bonds is 5. The monoisotopic (exact) mass is 270 g/mol. The van der Waals surface area contributed by atoms with Gasteiger partial charge in [-0.25, -0.2) is 4.98 Å². The molecule has 0 bridgehead atoms. The predicted molar refractivity (Wildman–Crippen MR) is 78.5 cm³/mol. The number of carbonyl (C=O) groups excluding carboxylic acids is 1. The van der Waals surface area contributed by atoms with Crippen LogP contribution in [0.3, 0.4) is 0 Å². The molecule has 0 saturated heterocycles. The van der Waals surface area contributed by atoms with Gasteiger partial charge in [-0.1, -0.05) is 6.07 Å². The van der Waals surface area contributed by atoms with E-state index >= 15 is 0 Å². The first-order valence-electron chi connectivity index (χ1n) is 6.49. The van der Waals surface area contributed by atoms with Crippen LogP contribution in [0.25, 0.3) is 0 Å². The smallest absolute Gasteiger partial charge is 0.250 e. The van der Waals surface area contributed by atoms with Crippen LogP contribution in [-0.2, 0) is 6.42 Å². The van der Waals surface area contributed by atoms with Crippen LogP contribution in [0.4, 0.5) is 5.82 Å². The molecule has 0 aliphatic carbocycles. The lowest BCUT2D eigenvalue weighted by Gasteiger charge is -2.14. The maximum absolute atomic E-state index is 11.0. The van der Waals surface area contributed by atoms with Gasteiger partial charge in [0, 0.05) is 30.0 Å². The van der Waals surface area contributed by atoms with Gasteiger partial charge in [-0.2, -0.15) is 0 Å². The number of aromatic nitrogens is 2. The molecular weight excluding hydrogens is 252 g/mol. The second-order valence-corrected chi connectivity index (χ2v) is 4.82. The highest BCUT2D eigenvalue weighted by atomic mass is 16.1. The number of nitrogens with one attached hydrogen (secondary N) is 1. The number of hydrogen-bond donors (Lipinski definition) is 2. The molecule has 2 aromatic heterocycles. The fourth-order valence-corrected chi connectivity index (χ4v) is 1.96. The van der Waals surface area contributed by atoms with Crippen molar-refractivity contribution in [2.75, 3.05) is 5.32 Å². The van der Waals surface area contributed by atoms with E-state index in [1.807, 2.05) is 25.1 Å². The molecule has 3 N–H and O–H groups in total. The summed E-state index contributed by atoms with van der Waals surface area (Å²) in [7, 11) is 0. The Morgan fingerprint density at radius 3 is 2.75 bits per heavy atom. The topological polar surface area (TPSA) is 80.9 Å². The Morgan fingerprint density at radius 2 is 2.15 bits per heavy atom. The zero-order valence-electron chi connectivity index (χ0n) is 11.6. The summed E-state index contributed by atoms with van der Waals surface area (Å²) in [5.74, 6) is 0.246. The van der Waals surface area contributed by atoms with E-state index < -0.39 is 5.91 Å². The van der Waals surface area contributed by atoms with Gasteiger partial charge < -0.3 is 11.1 Å². The van der Waals surface area contributed by atoms with E-state index in [4.69, 9.17) is 5.73 Å². The highest BCUT2D eigenvalue weighted by Gasteiger charge is 2.06. The highest BCUT2D eigenvalue weighted by Crippen LogP contribution is 2.09. The van der Waals surface area contributed by atoms with Crippen molar-refractivity contribution in [3.05, 3.63) is 53.5 Å². The van der Waals surface area contributed by atoms with Crippen molar-refractivity contribution in [1.29, 1.82) is 0 Å². The summed E-state index contributed by atoms with van der Waals surface area (Å²) >= 11 is 0. The molecule has 0 aliphatic rings. The molecule has 5 nitrogen and oxygen atoms in total. The van der Waals surface area contributed by atoms with E-state index in [1.165, 1.54) is 6.20 Å². The molecule has 0 saturated carbocycles. The summed E-state index contributed by atoms with van der Waals surface area (Å²) in [5.41, 5.74) is 7.63. The van der Waals surface area contributed by atoms with Gasteiger partial charge in [-0.15, -0.1) is 0 Å². The zero-order valence-corrected chi connectivity index (χ0v) is 11.6. The van der Waals surface area contributed by atoms with Crippen LogP contribution < -0.4 is 11.1 Å². The molecule has 1 atom stereocenters. The van der Waals surface area contributed by atoms with Crippen LogP contribution in [0.2, 0.25) is 0 Å². The van der Waals surface area contributed by atoms with Gasteiger partial charge >= 0.3 is 0 Å². The summed E-state index contributed by atoms with van der Waals surface area (Å²) < 4.78 is 0. The predicted octanol–water partition coefficient (Wildman–Crippen LogP) is 1.93. The standard InChI is InChI=1S/C15H18N4O/c1-10-4-3-5-13(18-10)8-11(2)19-14-7-6-12(9-17-14)15(16)20/h3-7,9,11H,8H2,1-2H3,(H2,16,20)(H,17,19). The Kier molecular flexibility index (Phi) is 4.30. The van der Waals surface area contributed by atoms with Crippen LogP contribution in [0.5, 0.6) is 0 Å². The van der Waals surface area contributed by atoms with Crippen LogP contribution >= 0.6 is 0 Å². The van der Waals surface area contributed by atoms with Crippen molar-refractivity contribution >= 4 is 11.7 Å². The molecule has 2 heterocycles. The molecule has 1 unspecified atom stereocenters. The maximum atomic E-state index is 11.0. The Balaban J connectivity index is 1.97. The third-order valence-corrected chi connectivity index (χ3v) is 2.90. The number of primary amides is 1. The van der Waals surface area contributed by atoms with Crippen molar-refractivity contribution in [2.24, 2.45) is 5.73 Å². The first-order chi connectivity index (χ1) is 9.54. The number of aryl methyl sites for hydroxylation is 1. The summed E-state index contributed by atoms with van der Waals surface area (Å²) in [4.78, 5) is 19.6. The maximum Gasteiger partial charge on any atom is 0.250 e.